The summed E-state index contributed by atoms with van der Waals surface area (Å²) in [5, 5.41) is 9.16. The zero-order chi connectivity index (χ0) is 12.3. The largest absolute Gasteiger partial charge is 0.494 e. The highest BCUT2D eigenvalue weighted by Crippen LogP contribution is 2.40. The zero-order valence-corrected chi connectivity index (χ0v) is 10.1. The Labute approximate surface area is 101 Å². The van der Waals surface area contributed by atoms with Gasteiger partial charge in [-0.3, -0.25) is 4.79 Å². The lowest BCUT2D eigenvalue weighted by Crippen LogP contribution is -2.16. The molecule has 92 valence electrons. The Hall–Kier alpha value is -1.51. The van der Waals surface area contributed by atoms with Gasteiger partial charge >= 0.3 is 5.97 Å². The summed E-state index contributed by atoms with van der Waals surface area (Å²) in [5.41, 5.74) is 1.12. The Morgan fingerprint density at radius 2 is 2.06 bits per heavy atom. The number of ether oxygens (including phenoxy) is 1. The van der Waals surface area contributed by atoms with Gasteiger partial charge in [0.15, 0.2) is 0 Å². The molecule has 1 aliphatic rings. The molecule has 0 spiro atoms. The first-order valence-corrected chi connectivity index (χ1v) is 6.18. The van der Waals surface area contributed by atoms with E-state index in [0.717, 1.165) is 30.6 Å². The summed E-state index contributed by atoms with van der Waals surface area (Å²) in [7, 11) is 0. The first-order chi connectivity index (χ1) is 8.22. The van der Waals surface area contributed by atoms with Gasteiger partial charge in [0.1, 0.15) is 5.75 Å². The van der Waals surface area contributed by atoms with E-state index in [9.17, 15) is 4.79 Å². The Kier molecular flexibility index (Phi) is 3.67. The van der Waals surface area contributed by atoms with Gasteiger partial charge in [0.05, 0.1) is 12.5 Å². The molecule has 0 aromatic heterocycles. The van der Waals surface area contributed by atoms with E-state index in [0.29, 0.717) is 6.61 Å². The Balaban J connectivity index is 2.13. The van der Waals surface area contributed by atoms with Gasteiger partial charge in [0.25, 0.3) is 0 Å². The molecule has 0 bridgehead atoms. The predicted octanol–water partition coefficient (Wildman–Crippen LogP) is 3.05. The average Bonchev–Trinajstić information content (AvgIpc) is 2.79. The van der Waals surface area contributed by atoms with Crippen molar-refractivity contribution in [3.63, 3.8) is 0 Å². The van der Waals surface area contributed by atoms with Crippen molar-refractivity contribution in [1.82, 2.24) is 0 Å². The number of carboxylic acids is 1. The molecular weight excluding hydrogens is 216 g/mol. The maximum absolute atomic E-state index is 11.1. The number of benzene rings is 1. The molecule has 1 aliphatic carbocycles. The highest BCUT2D eigenvalue weighted by atomic mass is 16.5. The Bertz CT molecular complexity index is 383. The van der Waals surface area contributed by atoms with Crippen LogP contribution >= 0.6 is 0 Å². The summed E-state index contributed by atoms with van der Waals surface area (Å²) in [5.74, 6) is 0.138. The number of hydrogen-bond acceptors (Lipinski definition) is 2. The molecule has 1 aromatic rings. The van der Waals surface area contributed by atoms with Crippen LogP contribution < -0.4 is 4.74 Å². The van der Waals surface area contributed by atoms with Crippen LogP contribution in [0, 0.1) is 5.92 Å². The van der Waals surface area contributed by atoms with Crippen molar-refractivity contribution in [3.8, 4) is 5.75 Å². The average molecular weight is 234 g/mol. The van der Waals surface area contributed by atoms with Gasteiger partial charge in [0.2, 0.25) is 0 Å². The molecular formula is C14H18O3. The van der Waals surface area contributed by atoms with Gasteiger partial charge in [-0.25, -0.2) is 0 Å². The minimum absolute atomic E-state index is 0.170. The Morgan fingerprint density at radius 3 is 2.65 bits per heavy atom. The molecule has 0 saturated heterocycles. The van der Waals surface area contributed by atoms with E-state index in [2.05, 4.69) is 0 Å². The summed E-state index contributed by atoms with van der Waals surface area (Å²) < 4.78 is 5.38. The highest BCUT2D eigenvalue weighted by Gasteiger charge is 2.33. The summed E-state index contributed by atoms with van der Waals surface area (Å²) in [6, 6.07) is 7.85. The molecule has 3 heteroatoms. The van der Waals surface area contributed by atoms with Crippen molar-refractivity contribution in [2.75, 3.05) is 6.61 Å². The van der Waals surface area contributed by atoms with Crippen molar-refractivity contribution in [2.45, 2.75) is 32.1 Å². The lowest BCUT2D eigenvalue weighted by atomic mass is 9.89. The number of carboxylic acid groups (broad SMARTS) is 1. The fourth-order valence-electron chi connectivity index (χ4n) is 2.63. The normalized spacial score (nSPS) is 23.6. The van der Waals surface area contributed by atoms with E-state index < -0.39 is 5.97 Å². The molecule has 2 atom stereocenters. The highest BCUT2D eigenvalue weighted by molar-refractivity contribution is 5.71. The maximum Gasteiger partial charge on any atom is 0.307 e. The van der Waals surface area contributed by atoms with Crippen molar-refractivity contribution in [3.05, 3.63) is 29.8 Å². The van der Waals surface area contributed by atoms with Gasteiger partial charge in [-0.1, -0.05) is 18.6 Å². The van der Waals surface area contributed by atoms with Crippen LogP contribution in [0.15, 0.2) is 24.3 Å². The van der Waals surface area contributed by atoms with Crippen molar-refractivity contribution in [2.24, 2.45) is 5.92 Å². The monoisotopic (exact) mass is 234 g/mol. The molecule has 1 aromatic carbocycles. The summed E-state index contributed by atoms with van der Waals surface area (Å²) in [6.45, 7) is 2.60. The van der Waals surface area contributed by atoms with Crippen LogP contribution in [0.5, 0.6) is 5.75 Å². The first-order valence-electron chi connectivity index (χ1n) is 6.18. The lowest BCUT2D eigenvalue weighted by molar-refractivity contribution is -0.142. The fourth-order valence-corrected chi connectivity index (χ4v) is 2.63. The minimum Gasteiger partial charge on any atom is -0.494 e. The van der Waals surface area contributed by atoms with Crippen LogP contribution in [0.3, 0.4) is 0 Å². The predicted molar refractivity (Wildman–Crippen MR) is 65.3 cm³/mol. The molecule has 1 N–H and O–H groups in total. The van der Waals surface area contributed by atoms with Crippen LogP contribution in [0.4, 0.5) is 0 Å². The van der Waals surface area contributed by atoms with E-state index in [4.69, 9.17) is 9.84 Å². The molecule has 0 aliphatic heterocycles. The van der Waals surface area contributed by atoms with Crippen molar-refractivity contribution in [1.29, 1.82) is 0 Å². The molecule has 0 heterocycles. The molecule has 2 unspecified atom stereocenters. The van der Waals surface area contributed by atoms with Gasteiger partial charge in [-0.15, -0.1) is 0 Å². The molecule has 3 nitrogen and oxygen atoms in total. The van der Waals surface area contributed by atoms with Crippen LogP contribution in [0.2, 0.25) is 0 Å². The Morgan fingerprint density at radius 1 is 1.35 bits per heavy atom. The SMILES string of the molecule is CCOc1ccc(C2CCCC2C(=O)O)cc1. The van der Waals surface area contributed by atoms with Gasteiger partial charge in [-0.2, -0.15) is 0 Å². The molecule has 0 radical (unpaired) electrons. The maximum atomic E-state index is 11.1. The van der Waals surface area contributed by atoms with Crippen LogP contribution in [-0.2, 0) is 4.79 Å². The molecule has 2 rings (SSSR count). The number of rotatable bonds is 4. The minimum atomic E-state index is -0.665. The quantitative estimate of drug-likeness (QED) is 0.871. The smallest absolute Gasteiger partial charge is 0.307 e. The second-order valence-electron chi connectivity index (χ2n) is 4.48. The van der Waals surface area contributed by atoms with Crippen molar-refractivity contribution >= 4 is 5.97 Å². The standard InChI is InChI=1S/C14H18O3/c1-2-17-11-8-6-10(7-9-11)12-4-3-5-13(12)14(15)16/h6-9,12-13H,2-5H2,1H3,(H,15,16). The van der Waals surface area contributed by atoms with Crippen molar-refractivity contribution < 1.29 is 14.6 Å². The first kappa shape index (κ1) is 12.0. The van der Waals surface area contributed by atoms with Crippen LogP contribution in [-0.4, -0.2) is 17.7 Å². The number of carbonyl (C=O) groups is 1. The third-order valence-corrected chi connectivity index (χ3v) is 3.45. The molecule has 0 amide bonds. The van der Waals surface area contributed by atoms with Crippen LogP contribution in [0.1, 0.15) is 37.7 Å². The fraction of sp³-hybridized carbons (Fsp3) is 0.500. The second-order valence-corrected chi connectivity index (χ2v) is 4.48. The van der Waals surface area contributed by atoms with Gasteiger partial charge in [-0.05, 0) is 43.4 Å². The summed E-state index contributed by atoms with van der Waals surface area (Å²) in [6.07, 6.45) is 2.78. The molecule has 1 fully saturated rings. The van der Waals surface area contributed by atoms with E-state index in [1.165, 1.54) is 0 Å². The van der Waals surface area contributed by atoms with Crippen LogP contribution in [0.25, 0.3) is 0 Å². The summed E-state index contributed by atoms with van der Waals surface area (Å²) in [4.78, 5) is 11.1. The lowest BCUT2D eigenvalue weighted by Gasteiger charge is -2.16. The number of hydrogen-bond donors (Lipinski definition) is 1. The van der Waals surface area contributed by atoms with E-state index >= 15 is 0 Å². The second kappa shape index (κ2) is 5.21. The molecule has 17 heavy (non-hydrogen) atoms. The third kappa shape index (κ3) is 2.60. The molecule has 1 saturated carbocycles. The van der Waals surface area contributed by atoms with E-state index in [1.54, 1.807) is 0 Å². The van der Waals surface area contributed by atoms with E-state index in [-0.39, 0.29) is 11.8 Å². The van der Waals surface area contributed by atoms with E-state index in [1.807, 2.05) is 31.2 Å². The third-order valence-electron chi connectivity index (χ3n) is 3.45. The van der Waals surface area contributed by atoms with Gasteiger partial charge < -0.3 is 9.84 Å². The topological polar surface area (TPSA) is 46.5 Å². The number of aliphatic carboxylic acids is 1. The zero-order valence-electron chi connectivity index (χ0n) is 10.1. The van der Waals surface area contributed by atoms with Gasteiger partial charge in [0, 0.05) is 0 Å². The summed E-state index contributed by atoms with van der Waals surface area (Å²) >= 11 is 0.